The Balaban J connectivity index is 2.26. The van der Waals surface area contributed by atoms with E-state index in [1.807, 2.05) is 0 Å². The molecule has 1 aliphatic carbocycles. The average Bonchev–Trinajstić information content (AvgIpc) is 1.83. The van der Waals surface area contributed by atoms with Crippen LogP contribution in [0.5, 0.6) is 0 Å². The molecule has 1 nitrogen and oxygen atoms in total. The number of rotatable bonds is 3. The highest BCUT2D eigenvalue weighted by atomic mass is 19.3. The largest absolute Gasteiger partial charge is 0.327 e. The highest BCUT2D eigenvalue weighted by molar-refractivity contribution is 4.93. The third-order valence-corrected chi connectivity index (χ3v) is 2.17. The van der Waals surface area contributed by atoms with E-state index < -0.39 is 5.92 Å². The Bertz CT molecular complexity index is 148. The van der Waals surface area contributed by atoms with Crippen LogP contribution < -0.4 is 5.73 Å². The number of hydrogen-bond donors (Lipinski definition) is 1. The molecule has 0 aromatic carbocycles. The fourth-order valence-electron chi connectivity index (χ4n) is 1.40. The first kappa shape index (κ1) is 8.65. The zero-order chi connectivity index (χ0) is 8.48. The molecule has 0 heterocycles. The van der Waals surface area contributed by atoms with Crippen LogP contribution in [-0.2, 0) is 0 Å². The Morgan fingerprint density at radius 3 is 2.55 bits per heavy atom. The zero-order valence-corrected chi connectivity index (χ0v) is 6.39. The highest BCUT2D eigenvalue weighted by Gasteiger charge is 2.47. The molecule has 3 heteroatoms. The minimum Gasteiger partial charge on any atom is -0.327 e. The van der Waals surface area contributed by atoms with Gasteiger partial charge in [-0.3, -0.25) is 0 Å². The van der Waals surface area contributed by atoms with E-state index in [0.29, 0.717) is 6.42 Å². The lowest BCUT2D eigenvalue weighted by Gasteiger charge is -2.38. The Morgan fingerprint density at radius 1 is 1.64 bits per heavy atom. The molecule has 1 unspecified atom stereocenters. The fourth-order valence-corrected chi connectivity index (χ4v) is 1.40. The van der Waals surface area contributed by atoms with E-state index in [1.54, 1.807) is 6.08 Å². The first-order valence-electron chi connectivity index (χ1n) is 3.79. The number of hydrogen-bond acceptors (Lipinski definition) is 1. The molecule has 1 rings (SSSR count). The molecule has 0 bridgehead atoms. The van der Waals surface area contributed by atoms with Crippen LogP contribution in [0, 0.1) is 5.92 Å². The fraction of sp³-hybridized carbons (Fsp3) is 0.750. The first-order chi connectivity index (χ1) is 5.05. The van der Waals surface area contributed by atoms with Crippen molar-refractivity contribution in [3.8, 4) is 0 Å². The van der Waals surface area contributed by atoms with Crippen molar-refractivity contribution in [2.45, 2.75) is 31.2 Å². The monoisotopic (exact) mass is 161 g/mol. The summed E-state index contributed by atoms with van der Waals surface area (Å²) in [7, 11) is 0. The summed E-state index contributed by atoms with van der Waals surface area (Å²) in [5.41, 5.74) is 5.61. The Hall–Kier alpha value is -0.440. The van der Waals surface area contributed by atoms with Crippen molar-refractivity contribution < 1.29 is 8.78 Å². The van der Waals surface area contributed by atoms with Gasteiger partial charge in [0.2, 0.25) is 5.92 Å². The standard InChI is InChI=1S/C8H13F2N/c1-2-3-7(11)6-4-8(9,10)5-6/h2,6-7H,1,3-5,11H2. The van der Waals surface area contributed by atoms with E-state index in [1.165, 1.54) is 0 Å². The van der Waals surface area contributed by atoms with Gasteiger partial charge in [-0.1, -0.05) is 6.08 Å². The molecular formula is C8H13F2N. The van der Waals surface area contributed by atoms with E-state index in [0.717, 1.165) is 0 Å². The maximum Gasteiger partial charge on any atom is 0.248 e. The van der Waals surface area contributed by atoms with Gasteiger partial charge in [0.15, 0.2) is 0 Å². The molecule has 2 N–H and O–H groups in total. The zero-order valence-electron chi connectivity index (χ0n) is 6.39. The van der Waals surface area contributed by atoms with Crippen molar-refractivity contribution in [1.82, 2.24) is 0 Å². The van der Waals surface area contributed by atoms with Gasteiger partial charge in [-0.05, 0) is 12.3 Å². The quantitative estimate of drug-likeness (QED) is 0.629. The maximum absolute atomic E-state index is 12.3. The van der Waals surface area contributed by atoms with E-state index >= 15 is 0 Å². The summed E-state index contributed by atoms with van der Waals surface area (Å²) in [4.78, 5) is 0. The van der Waals surface area contributed by atoms with Crippen molar-refractivity contribution in [1.29, 1.82) is 0 Å². The molecule has 1 fully saturated rings. The van der Waals surface area contributed by atoms with Gasteiger partial charge in [0.25, 0.3) is 0 Å². The second kappa shape index (κ2) is 2.89. The van der Waals surface area contributed by atoms with Gasteiger partial charge < -0.3 is 5.73 Å². The lowest BCUT2D eigenvalue weighted by molar-refractivity contribution is -0.116. The van der Waals surface area contributed by atoms with Gasteiger partial charge in [-0.2, -0.15) is 0 Å². The lowest BCUT2D eigenvalue weighted by Crippen LogP contribution is -2.45. The van der Waals surface area contributed by atoms with Crippen LogP contribution in [0.3, 0.4) is 0 Å². The summed E-state index contributed by atoms with van der Waals surface area (Å²) in [5.74, 6) is -2.44. The molecule has 11 heavy (non-hydrogen) atoms. The average molecular weight is 161 g/mol. The molecule has 1 saturated carbocycles. The maximum atomic E-state index is 12.3. The van der Waals surface area contributed by atoms with Crippen LogP contribution in [0.25, 0.3) is 0 Å². The summed E-state index contributed by atoms with van der Waals surface area (Å²) < 4.78 is 24.6. The van der Waals surface area contributed by atoms with Crippen molar-refractivity contribution in [2.24, 2.45) is 11.7 Å². The molecule has 0 aliphatic heterocycles. The smallest absolute Gasteiger partial charge is 0.248 e. The third-order valence-electron chi connectivity index (χ3n) is 2.17. The van der Waals surface area contributed by atoms with Crippen molar-refractivity contribution >= 4 is 0 Å². The summed E-state index contributed by atoms with van der Waals surface area (Å²) in [6.45, 7) is 3.51. The molecule has 0 aromatic rings. The van der Waals surface area contributed by atoms with E-state index in [4.69, 9.17) is 5.73 Å². The van der Waals surface area contributed by atoms with Gasteiger partial charge in [0, 0.05) is 18.9 Å². The second-order valence-electron chi connectivity index (χ2n) is 3.21. The highest BCUT2D eigenvalue weighted by Crippen LogP contribution is 2.44. The summed E-state index contributed by atoms with van der Waals surface area (Å²) in [5, 5.41) is 0. The number of halogens is 2. The molecule has 0 spiro atoms. The van der Waals surface area contributed by atoms with E-state index in [-0.39, 0.29) is 24.8 Å². The van der Waals surface area contributed by atoms with Gasteiger partial charge in [0.05, 0.1) is 0 Å². The van der Waals surface area contributed by atoms with Crippen molar-refractivity contribution in [2.75, 3.05) is 0 Å². The van der Waals surface area contributed by atoms with Crippen molar-refractivity contribution in [3.05, 3.63) is 12.7 Å². The van der Waals surface area contributed by atoms with Crippen LogP contribution in [0.4, 0.5) is 8.78 Å². The predicted octanol–water partition coefficient (Wildman–Crippen LogP) is 1.94. The first-order valence-corrected chi connectivity index (χ1v) is 3.79. The second-order valence-corrected chi connectivity index (χ2v) is 3.21. The molecule has 1 aliphatic rings. The summed E-state index contributed by atoms with van der Waals surface area (Å²) in [6, 6.07) is -0.118. The molecule has 0 saturated heterocycles. The topological polar surface area (TPSA) is 26.0 Å². The summed E-state index contributed by atoms with van der Waals surface area (Å²) in [6.07, 6.45) is 2.24. The van der Waals surface area contributed by atoms with Gasteiger partial charge >= 0.3 is 0 Å². The third kappa shape index (κ3) is 1.99. The molecular weight excluding hydrogens is 148 g/mol. The van der Waals surface area contributed by atoms with Crippen molar-refractivity contribution in [3.63, 3.8) is 0 Å². The Morgan fingerprint density at radius 2 is 2.18 bits per heavy atom. The van der Waals surface area contributed by atoms with Gasteiger partial charge in [-0.25, -0.2) is 8.78 Å². The summed E-state index contributed by atoms with van der Waals surface area (Å²) >= 11 is 0. The molecule has 0 radical (unpaired) electrons. The van der Waals surface area contributed by atoms with Crippen LogP contribution in [0.2, 0.25) is 0 Å². The Kier molecular flexibility index (Phi) is 2.28. The van der Waals surface area contributed by atoms with Gasteiger partial charge in [-0.15, -0.1) is 6.58 Å². The minimum atomic E-state index is -2.44. The van der Waals surface area contributed by atoms with Crippen LogP contribution in [0.1, 0.15) is 19.3 Å². The molecule has 0 aromatic heterocycles. The number of nitrogens with two attached hydrogens (primary N) is 1. The molecule has 64 valence electrons. The SMILES string of the molecule is C=CCC(N)C1CC(F)(F)C1. The molecule has 0 amide bonds. The lowest BCUT2D eigenvalue weighted by atomic mass is 9.76. The predicted molar refractivity (Wildman–Crippen MR) is 40.5 cm³/mol. The minimum absolute atomic E-state index is 0.00278. The van der Waals surface area contributed by atoms with Crippen LogP contribution in [-0.4, -0.2) is 12.0 Å². The van der Waals surface area contributed by atoms with E-state index in [9.17, 15) is 8.78 Å². The van der Waals surface area contributed by atoms with Crippen LogP contribution in [0.15, 0.2) is 12.7 Å². The van der Waals surface area contributed by atoms with Gasteiger partial charge in [0.1, 0.15) is 0 Å². The molecule has 1 atom stereocenters. The van der Waals surface area contributed by atoms with E-state index in [2.05, 4.69) is 6.58 Å². The normalized spacial score (nSPS) is 25.7. The number of alkyl halides is 2. The Labute approximate surface area is 65.3 Å². The van der Waals surface area contributed by atoms with Crippen LogP contribution >= 0.6 is 0 Å².